The monoisotopic (exact) mass is 225 g/mol. The predicted octanol–water partition coefficient (Wildman–Crippen LogP) is 2.27. The van der Waals surface area contributed by atoms with Gasteiger partial charge in [0.2, 0.25) is 5.91 Å². The molecule has 1 heterocycles. The number of carbonyl (C=O) groups is 2. The molecule has 0 fully saturated rings. The third-order valence-corrected chi connectivity index (χ3v) is 2.82. The maximum atomic E-state index is 11.3. The third-order valence-electron chi connectivity index (χ3n) is 1.74. The summed E-state index contributed by atoms with van der Waals surface area (Å²) in [5.74, 6) is -1.34. The van der Waals surface area contributed by atoms with Crippen molar-refractivity contribution in [3.63, 3.8) is 0 Å². The van der Waals surface area contributed by atoms with Crippen molar-refractivity contribution in [2.24, 2.45) is 0 Å². The number of anilines is 1. The first kappa shape index (κ1) is 11.5. The zero-order chi connectivity index (χ0) is 11.4. The van der Waals surface area contributed by atoms with E-state index >= 15 is 0 Å². The Labute approximate surface area is 91.2 Å². The van der Waals surface area contributed by atoms with Crippen LogP contribution in [0.25, 0.3) is 0 Å². The highest BCUT2D eigenvalue weighted by molar-refractivity contribution is 7.12. The Morgan fingerprint density at radius 2 is 2.20 bits per heavy atom. The van der Waals surface area contributed by atoms with Crippen molar-refractivity contribution in [3.8, 4) is 0 Å². The number of aromatic carboxylic acids is 1. The maximum Gasteiger partial charge on any atom is 0.348 e. The van der Waals surface area contributed by atoms with Crippen LogP contribution < -0.4 is 5.32 Å². The third kappa shape index (κ3) is 2.66. The molecule has 0 radical (unpaired) electrons. The van der Waals surface area contributed by atoms with E-state index in [0.717, 1.165) is 16.9 Å². The summed E-state index contributed by atoms with van der Waals surface area (Å²) in [4.78, 5) is 22.2. The van der Waals surface area contributed by atoms with Gasteiger partial charge in [0.25, 0.3) is 0 Å². The largest absolute Gasteiger partial charge is 0.477 e. The highest BCUT2D eigenvalue weighted by Gasteiger charge is 2.15. The van der Waals surface area contributed by atoms with E-state index in [9.17, 15) is 9.59 Å². The van der Waals surface area contributed by atoms with Crippen molar-refractivity contribution in [2.45, 2.75) is 13.8 Å². The number of carboxylic acids is 1. The van der Waals surface area contributed by atoms with Crippen LogP contribution in [0.1, 0.15) is 22.2 Å². The van der Waals surface area contributed by atoms with Crippen molar-refractivity contribution < 1.29 is 14.7 Å². The summed E-state index contributed by atoms with van der Waals surface area (Å²) in [6.07, 6.45) is 2.94. The van der Waals surface area contributed by atoms with Crippen LogP contribution in [0.4, 0.5) is 5.69 Å². The Kier molecular flexibility index (Phi) is 3.62. The summed E-state index contributed by atoms with van der Waals surface area (Å²) in [7, 11) is 0. The molecule has 0 aliphatic heterocycles. The molecule has 0 aliphatic carbocycles. The fraction of sp³-hybridized carbons (Fsp3) is 0.200. The Bertz CT molecular complexity index is 420. The van der Waals surface area contributed by atoms with Gasteiger partial charge in [-0.05, 0) is 30.9 Å². The Balaban J connectivity index is 2.97. The minimum Gasteiger partial charge on any atom is -0.477 e. The number of carbonyl (C=O) groups excluding carboxylic acids is 1. The molecule has 1 aromatic rings. The van der Waals surface area contributed by atoms with Crippen molar-refractivity contribution in [1.82, 2.24) is 0 Å². The van der Waals surface area contributed by atoms with Gasteiger partial charge >= 0.3 is 5.97 Å². The first-order chi connectivity index (χ1) is 7.06. The van der Waals surface area contributed by atoms with E-state index in [-0.39, 0.29) is 10.8 Å². The van der Waals surface area contributed by atoms with Gasteiger partial charge in [-0.2, -0.15) is 0 Å². The van der Waals surface area contributed by atoms with Gasteiger partial charge in [-0.1, -0.05) is 6.08 Å². The number of amides is 1. The van der Waals surface area contributed by atoms with Gasteiger partial charge in [-0.15, -0.1) is 11.3 Å². The summed E-state index contributed by atoms with van der Waals surface area (Å²) in [5, 5.41) is 13.1. The molecule has 80 valence electrons. The molecule has 0 unspecified atom stereocenters. The van der Waals surface area contributed by atoms with Gasteiger partial charge in [0.15, 0.2) is 0 Å². The van der Waals surface area contributed by atoms with Crippen LogP contribution in [0.2, 0.25) is 0 Å². The number of hydrogen-bond acceptors (Lipinski definition) is 3. The first-order valence-electron chi connectivity index (χ1n) is 4.31. The van der Waals surface area contributed by atoms with Crippen LogP contribution in [0.15, 0.2) is 17.5 Å². The summed E-state index contributed by atoms with van der Waals surface area (Å²) in [6.45, 7) is 3.48. The minimum absolute atomic E-state index is 0.158. The van der Waals surface area contributed by atoms with E-state index in [1.54, 1.807) is 25.3 Å². The fourth-order valence-electron chi connectivity index (χ4n) is 1.07. The fourth-order valence-corrected chi connectivity index (χ4v) is 1.92. The second-order valence-electron chi connectivity index (χ2n) is 2.92. The number of thiophene rings is 1. The zero-order valence-corrected chi connectivity index (χ0v) is 9.22. The SMILES string of the molecule is C/C=C/C(=O)Nc1c(C)csc1C(=O)O. The molecule has 0 saturated heterocycles. The number of hydrogen-bond donors (Lipinski definition) is 2. The van der Waals surface area contributed by atoms with Gasteiger partial charge < -0.3 is 10.4 Å². The number of nitrogens with one attached hydrogen (secondary N) is 1. The molecule has 1 aromatic heterocycles. The second kappa shape index (κ2) is 4.75. The van der Waals surface area contributed by atoms with Crippen molar-refractivity contribution in [2.75, 3.05) is 5.32 Å². The highest BCUT2D eigenvalue weighted by Crippen LogP contribution is 2.27. The van der Waals surface area contributed by atoms with Gasteiger partial charge in [0.05, 0.1) is 5.69 Å². The lowest BCUT2D eigenvalue weighted by Crippen LogP contribution is -2.10. The Morgan fingerprint density at radius 3 is 2.73 bits per heavy atom. The zero-order valence-electron chi connectivity index (χ0n) is 8.40. The molecule has 0 bridgehead atoms. The molecule has 4 nitrogen and oxygen atoms in total. The van der Waals surface area contributed by atoms with Crippen LogP contribution in [0, 0.1) is 6.92 Å². The standard InChI is InChI=1S/C10H11NO3S/c1-3-4-7(12)11-8-6(2)5-15-9(8)10(13)14/h3-5H,1-2H3,(H,11,12)(H,13,14)/b4-3+. The lowest BCUT2D eigenvalue weighted by atomic mass is 10.2. The maximum absolute atomic E-state index is 11.3. The molecule has 0 spiro atoms. The molecule has 0 aromatic carbocycles. The van der Waals surface area contributed by atoms with Crippen molar-refractivity contribution >= 4 is 28.9 Å². The summed E-state index contributed by atoms with van der Waals surface area (Å²) < 4.78 is 0. The summed E-state index contributed by atoms with van der Waals surface area (Å²) in [5.41, 5.74) is 1.14. The van der Waals surface area contributed by atoms with E-state index < -0.39 is 5.97 Å². The molecule has 0 aliphatic rings. The molecule has 0 saturated carbocycles. The van der Waals surface area contributed by atoms with Crippen LogP contribution in [-0.2, 0) is 4.79 Å². The van der Waals surface area contributed by atoms with E-state index in [1.807, 2.05) is 0 Å². The second-order valence-corrected chi connectivity index (χ2v) is 3.80. The van der Waals surface area contributed by atoms with E-state index in [1.165, 1.54) is 6.08 Å². The molecule has 5 heteroatoms. The van der Waals surface area contributed by atoms with E-state index in [0.29, 0.717) is 5.69 Å². The smallest absolute Gasteiger partial charge is 0.348 e. The van der Waals surface area contributed by atoms with E-state index in [4.69, 9.17) is 5.11 Å². The average molecular weight is 225 g/mol. The number of rotatable bonds is 3. The lowest BCUT2D eigenvalue weighted by molar-refractivity contribution is -0.111. The van der Waals surface area contributed by atoms with E-state index in [2.05, 4.69) is 5.32 Å². The van der Waals surface area contributed by atoms with Gasteiger partial charge in [-0.3, -0.25) is 4.79 Å². The molecular weight excluding hydrogens is 214 g/mol. The molecule has 15 heavy (non-hydrogen) atoms. The normalized spacial score (nSPS) is 10.5. The number of aryl methyl sites for hydroxylation is 1. The lowest BCUT2D eigenvalue weighted by Gasteiger charge is -2.02. The van der Waals surface area contributed by atoms with Gasteiger partial charge in [-0.25, -0.2) is 4.79 Å². The minimum atomic E-state index is -1.02. The molecule has 2 N–H and O–H groups in total. The topological polar surface area (TPSA) is 66.4 Å². The Morgan fingerprint density at radius 1 is 1.53 bits per heavy atom. The first-order valence-corrected chi connectivity index (χ1v) is 5.19. The highest BCUT2D eigenvalue weighted by atomic mass is 32.1. The molecule has 1 rings (SSSR count). The number of carboxylic acid groups (broad SMARTS) is 1. The molecule has 1 amide bonds. The molecular formula is C10H11NO3S. The summed E-state index contributed by atoms with van der Waals surface area (Å²) in [6, 6.07) is 0. The number of allylic oxidation sites excluding steroid dienone is 1. The predicted molar refractivity (Wildman–Crippen MR) is 59.5 cm³/mol. The summed E-state index contributed by atoms with van der Waals surface area (Å²) >= 11 is 1.11. The van der Waals surface area contributed by atoms with Gasteiger partial charge in [0.1, 0.15) is 4.88 Å². The van der Waals surface area contributed by atoms with Crippen LogP contribution in [0.3, 0.4) is 0 Å². The van der Waals surface area contributed by atoms with Crippen LogP contribution in [0.5, 0.6) is 0 Å². The van der Waals surface area contributed by atoms with Crippen molar-refractivity contribution in [1.29, 1.82) is 0 Å². The Hall–Kier alpha value is -1.62. The average Bonchev–Trinajstić information content (AvgIpc) is 2.48. The quantitative estimate of drug-likeness (QED) is 0.775. The van der Waals surface area contributed by atoms with Crippen molar-refractivity contribution in [3.05, 3.63) is 28.0 Å². The van der Waals surface area contributed by atoms with Gasteiger partial charge in [0, 0.05) is 0 Å². The van der Waals surface area contributed by atoms with Crippen LogP contribution in [-0.4, -0.2) is 17.0 Å². The molecule has 0 atom stereocenters. The van der Waals surface area contributed by atoms with Crippen LogP contribution >= 0.6 is 11.3 Å².